The molecule has 2 nitrogen and oxygen atoms in total. The normalized spacial score (nSPS) is 10.0. The van der Waals surface area contributed by atoms with Crippen LogP contribution in [0.3, 0.4) is 0 Å². The van der Waals surface area contributed by atoms with Crippen LogP contribution < -0.4 is 9.47 Å². The second-order valence-corrected chi connectivity index (χ2v) is 4.47. The molecule has 3 heteroatoms. The van der Waals surface area contributed by atoms with Gasteiger partial charge >= 0.3 is 0 Å². The van der Waals surface area contributed by atoms with Crippen LogP contribution in [0.15, 0.2) is 53.0 Å². The average molecular weight is 293 g/mol. The molecular formula is C14H13BrO2. The molecule has 0 saturated carbocycles. The minimum absolute atomic E-state index is 0.500. The molecule has 0 radical (unpaired) electrons. The third-order valence-corrected chi connectivity index (χ3v) is 2.88. The van der Waals surface area contributed by atoms with E-state index in [2.05, 4.69) is 15.9 Å². The van der Waals surface area contributed by atoms with Crippen LogP contribution in [0.5, 0.6) is 11.5 Å². The summed E-state index contributed by atoms with van der Waals surface area (Å²) in [6, 6.07) is 15.6. The van der Waals surface area contributed by atoms with Crippen LogP contribution in [-0.4, -0.2) is 7.11 Å². The number of hydrogen-bond donors (Lipinski definition) is 0. The van der Waals surface area contributed by atoms with Gasteiger partial charge in [-0.15, -0.1) is 0 Å². The van der Waals surface area contributed by atoms with Gasteiger partial charge in [0, 0.05) is 10.0 Å². The minimum atomic E-state index is 0.500. The van der Waals surface area contributed by atoms with Crippen LogP contribution in [0.2, 0.25) is 0 Å². The van der Waals surface area contributed by atoms with Crippen molar-refractivity contribution in [3.8, 4) is 11.5 Å². The minimum Gasteiger partial charge on any atom is -0.496 e. The van der Waals surface area contributed by atoms with E-state index >= 15 is 0 Å². The average Bonchev–Trinajstić information content (AvgIpc) is 2.37. The SMILES string of the molecule is COc1ccccc1COc1cccc(Br)c1. The summed E-state index contributed by atoms with van der Waals surface area (Å²) in [6.45, 7) is 0.500. The van der Waals surface area contributed by atoms with Gasteiger partial charge in [0.15, 0.2) is 0 Å². The molecule has 88 valence electrons. The second-order valence-electron chi connectivity index (χ2n) is 3.56. The molecule has 0 aromatic heterocycles. The van der Waals surface area contributed by atoms with E-state index in [4.69, 9.17) is 9.47 Å². The summed E-state index contributed by atoms with van der Waals surface area (Å²) in [6.07, 6.45) is 0. The van der Waals surface area contributed by atoms with Gasteiger partial charge in [0.25, 0.3) is 0 Å². The first kappa shape index (κ1) is 12.0. The van der Waals surface area contributed by atoms with Crippen molar-refractivity contribution < 1.29 is 9.47 Å². The summed E-state index contributed by atoms with van der Waals surface area (Å²) in [5.41, 5.74) is 1.04. The summed E-state index contributed by atoms with van der Waals surface area (Å²) >= 11 is 3.41. The predicted octanol–water partition coefficient (Wildman–Crippen LogP) is 4.04. The maximum Gasteiger partial charge on any atom is 0.125 e. The van der Waals surface area contributed by atoms with Crippen molar-refractivity contribution in [1.29, 1.82) is 0 Å². The Morgan fingerprint density at radius 2 is 1.88 bits per heavy atom. The Kier molecular flexibility index (Phi) is 4.04. The van der Waals surface area contributed by atoms with Crippen molar-refractivity contribution in [3.05, 3.63) is 58.6 Å². The van der Waals surface area contributed by atoms with E-state index in [0.29, 0.717) is 6.61 Å². The molecule has 0 aliphatic heterocycles. The van der Waals surface area contributed by atoms with Crippen molar-refractivity contribution in [1.82, 2.24) is 0 Å². The van der Waals surface area contributed by atoms with E-state index in [0.717, 1.165) is 21.5 Å². The highest BCUT2D eigenvalue weighted by Crippen LogP contribution is 2.22. The van der Waals surface area contributed by atoms with Crippen LogP contribution in [0.4, 0.5) is 0 Å². The smallest absolute Gasteiger partial charge is 0.125 e. The molecule has 17 heavy (non-hydrogen) atoms. The monoisotopic (exact) mass is 292 g/mol. The Hall–Kier alpha value is -1.48. The van der Waals surface area contributed by atoms with E-state index in [1.54, 1.807) is 7.11 Å². The lowest BCUT2D eigenvalue weighted by atomic mass is 10.2. The van der Waals surface area contributed by atoms with Crippen molar-refractivity contribution in [3.63, 3.8) is 0 Å². The fraction of sp³-hybridized carbons (Fsp3) is 0.143. The van der Waals surface area contributed by atoms with Gasteiger partial charge in [-0.2, -0.15) is 0 Å². The molecule has 2 rings (SSSR count). The zero-order valence-electron chi connectivity index (χ0n) is 9.52. The predicted molar refractivity (Wildman–Crippen MR) is 71.5 cm³/mol. The summed E-state index contributed by atoms with van der Waals surface area (Å²) in [4.78, 5) is 0. The largest absolute Gasteiger partial charge is 0.496 e. The van der Waals surface area contributed by atoms with Gasteiger partial charge in [0.2, 0.25) is 0 Å². The highest BCUT2D eigenvalue weighted by atomic mass is 79.9. The van der Waals surface area contributed by atoms with Crippen molar-refractivity contribution >= 4 is 15.9 Å². The number of halogens is 1. The molecule has 0 unspecified atom stereocenters. The van der Waals surface area contributed by atoms with Crippen molar-refractivity contribution in [2.75, 3.05) is 7.11 Å². The van der Waals surface area contributed by atoms with E-state index < -0.39 is 0 Å². The highest BCUT2D eigenvalue weighted by Gasteiger charge is 2.02. The molecule has 0 fully saturated rings. The summed E-state index contributed by atoms with van der Waals surface area (Å²) in [7, 11) is 1.66. The molecule has 0 N–H and O–H groups in total. The zero-order chi connectivity index (χ0) is 12.1. The fourth-order valence-corrected chi connectivity index (χ4v) is 1.92. The Bertz CT molecular complexity index is 497. The standard InChI is InChI=1S/C14H13BrO2/c1-16-14-8-3-2-5-11(14)10-17-13-7-4-6-12(15)9-13/h2-9H,10H2,1H3. The lowest BCUT2D eigenvalue weighted by Gasteiger charge is -2.10. The van der Waals surface area contributed by atoms with Crippen LogP contribution in [0.25, 0.3) is 0 Å². The first-order chi connectivity index (χ1) is 8.29. The lowest BCUT2D eigenvalue weighted by Crippen LogP contribution is -1.98. The number of para-hydroxylation sites is 1. The molecule has 0 aliphatic carbocycles. The fourth-order valence-electron chi connectivity index (χ4n) is 1.54. The molecule has 0 amide bonds. The number of ether oxygens (including phenoxy) is 2. The molecule has 0 bridgehead atoms. The molecular weight excluding hydrogens is 280 g/mol. The summed E-state index contributed by atoms with van der Waals surface area (Å²) in [5.74, 6) is 1.69. The van der Waals surface area contributed by atoms with Crippen LogP contribution >= 0.6 is 15.9 Å². The highest BCUT2D eigenvalue weighted by molar-refractivity contribution is 9.10. The number of benzene rings is 2. The van der Waals surface area contributed by atoms with Crippen LogP contribution in [0.1, 0.15) is 5.56 Å². The maximum atomic E-state index is 5.71. The number of methoxy groups -OCH3 is 1. The third kappa shape index (κ3) is 3.24. The Morgan fingerprint density at radius 3 is 2.65 bits per heavy atom. The third-order valence-electron chi connectivity index (χ3n) is 2.38. The van der Waals surface area contributed by atoms with E-state index in [1.165, 1.54) is 0 Å². The van der Waals surface area contributed by atoms with Gasteiger partial charge in [-0.25, -0.2) is 0 Å². The molecule has 2 aromatic rings. The van der Waals surface area contributed by atoms with Crippen LogP contribution in [-0.2, 0) is 6.61 Å². The molecule has 2 aromatic carbocycles. The van der Waals surface area contributed by atoms with Gasteiger partial charge in [-0.3, -0.25) is 0 Å². The van der Waals surface area contributed by atoms with E-state index in [9.17, 15) is 0 Å². The lowest BCUT2D eigenvalue weighted by molar-refractivity contribution is 0.296. The van der Waals surface area contributed by atoms with E-state index in [-0.39, 0.29) is 0 Å². The molecule has 0 spiro atoms. The number of hydrogen-bond acceptors (Lipinski definition) is 2. The van der Waals surface area contributed by atoms with Crippen molar-refractivity contribution in [2.24, 2.45) is 0 Å². The second kappa shape index (κ2) is 5.73. The molecule has 0 heterocycles. The molecule has 0 atom stereocenters. The van der Waals surface area contributed by atoms with Gasteiger partial charge < -0.3 is 9.47 Å². The topological polar surface area (TPSA) is 18.5 Å². The Labute approximate surface area is 109 Å². The molecule has 0 saturated heterocycles. The van der Waals surface area contributed by atoms with E-state index in [1.807, 2.05) is 48.5 Å². The Morgan fingerprint density at radius 1 is 1.06 bits per heavy atom. The maximum absolute atomic E-state index is 5.71. The van der Waals surface area contributed by atoms with Gasteiger partial charge in [0.1, 0.15) is 18.1 Å². The Balaban J connectivity index is 2.07. The van der Waals surface area contributed by atoms with Crippen molar-refractivity contribution in [2.45, 2.75) is 6.61 Å². The van der Waals surface area contributed by atoms with Gasteiger partial charge in [0.05, 0.1) is 7.11 Å². The zero-order valence-corrected chi connectivity index (χ0v) is 11.1. The summed E-state index contributed by atoms with van der Waals surface area (Å²) in [5, 5.41) is 0. The number of rotatable bonds is 4. The van der Waals surface area contributed by atoms with Crippen LogP contribution in [0, 0.1) is 0 Å². The molecule has 0 aliphatic rings. The van der Waals surface area contributed by atoms with Gasteiger partial charge in [-0.1, -0.05) is 40.2 Å². The first-order valence-corrected chi connectivity index (χ1v) is 6.09. The first-order valence-electron chi connectivity index (χ1n) is 5.30. The summed E-state index contributed by atoms with van der Waals surface area (Å²) < 4.78 is 12.0. The van der Waals surface area contributed by atoms with Gasteiger partial charge in [-0.05, 0) is 24.3 Å². The quantitative estimate of drug-likeness (QED) is 0.847.